The van der Waals surface area contributed by atoms with Crippen LogP contribution in [0.25, 0.3) is 0 Å². The molecule has 0 saturated carbocycles. The Morgan fingerprint density at radius 3 is 3.22 bits per heavy atom. The van der Waals surface area contributed by atoms with Gasteiger partial charge < -0.3 is 5.32 Å². The van der Waals surface area contributed by atoms with Gasteiger partial charge in [-0.25, -0.2) is 0 Å². The van der Waals surface area contributed by atoms with Gasteiger partial charge in [-0.3, -0.25) is 4.90 Å². The molecule has 3 rings (SSSR count). The molecular formula is C15H22N2S. The van der Waals surface area contributed by atoms with Crippen molar-refractivity contribution in [2.24, 2.45) is 0 Å². The number of benzene rings is 1. The van der Waals surface area contributed by atoms with E-state index in [1.165, 1.54) is 43.0 Å². The zero-order valence-electron chi connectivity index (χ0n) is 11.0. The number of nitrogens with zero attached hydrogens (tertiary/aromatic N) is 1. The van der Waals surface area contributed by atoms with Crippen LogP contribution in [-0.4, -0.2) is 36.0 Å². The maximum absolute atomic E-state index is 3.46. The summed E-state index contributed by atoms with van der Waals surface area (Å²) in [5, 5.41) is 3.46. The molecule has 1 saturated heterocycles. The third-order valence-electron chi connectivity index (χ3n) is 3.95. The van der Waals surface area contributed by atoms with Gasteiger partial charge in [-0.1, -0.05) is 18.2 Å². The first-order valence-corrected chi connectivity index (χ1v) is 8.19. The minimum atomic E-state index is 1.05. The van der Waals surface area contributed by atoms with Crippen molar-refractivity contribution in [3.05, 3.63) is 34.9 Å². The molecule has 0 amide bonds. The van der Waals surface area contributed by atoms with Crippen molar-refractivity contribution in [3.8, 4) is 0 Å². The van der Waals surface area contributed by atoms with Gasteiger partial charge in [0.25, 0.3) is 0 Å². The van der Waals surface area contributed by atoms with E-state index < -0.39 is 0 Å². The lowest BCUT2D eigenvalue weighted by atomic mass is 9.95. The van der Waals surface area contributed by atoms with E-state index >= 15 is 0 Å². The zero-order valence-corrected chi connectivity index (χ0v) is 11.8. The molecule has 0 aliphatic carbocycles. The molecule has 2 heterocycles. The van der Waals surface area contributed by atoms with Gasteiger partial charge in [0.2, 0.25) is 0 Å². The van der Waals surface area contributed by atoms with Crippen molar-refractivity contribution in [3.63, 3.8) is 0 Å². The molecule has 0 atom stereocenters. The first-order chi connectivity index (χ1) is 8.93. The molecule has 3 heteroatoms. The molecule has 18 heavy (non-hydrogen) atoms. The van der Waals surface area contributed by atoms with Gasteiger partial charge in [-0.05, 0) is 48.4 Å². The minimum absolute atomic E-state index is 1.05. The number of nitrogens with one attached hydrogen (secondary N) is 1. The highest BCUT2D eigenvalue weighted by atomic mass is 32.2. The van der Waals surface area contributed by atoms with E-state index in [-0.39, 0.29) is 0 Å². The molecule has 1 N–H and O–H groups in total. The summed E-state index contributed by atoms with van der Waals surface area (Å²) >= 11 is 2.11. The van der Waals surface area contributed by atoms with Crippen molar-refractivity contribution >= 4 is 11.8 Å². The fraction of sp³-hybridized carbons (Fsp3) is 0.600. The normalized spacial score (nSPS) is 21.3. The van der Waals surface area contributed by atoms with Crippen LogP contribution in [0.4, 0.5) is 0 Å². The van der Waals surface area contributed by atoms with E-state index in [1.54, 1.807) is 11.1 Å². The van der Waals surface area contributed by atoms with E-state index in [4.69, 9.17) is 0 Å². The van der Waals surface area contributed by atoms with Gasteiger partial charge in [-0.15, -0.1) is 0 Å². The van der Waals surface area contributed by atoms with Crippen LogP contribution in [0.15, 0.2) is 18.2 Å². The molecule has 2 aliphatic heterocycles. The smallest absolute Gasteiger partial charge is 0.0236 e. The van der Waals surface area contributed by atoms with Gasteiger partial charge in [0.05, 0.1) is 0 Å². The molecule has 1 fully saturated rings. The summed E-state index contributed by atoms with van der Waals surface area (Å²) in [4.78, 5) is 2.64. The van der Waals surface area contributed by atoms with Crippen LogP contribution in [0.3, 0.4) is 0 Å². The average molecular weight is 262 g/mol. The monoisotopic (exact) mass is 262 g/mol. The molecule has 0 spiro atoms. The lowest BCUT2D eigenvalue weighted by molar-refractivity contribution is 0.286. The van der Waals surface area contributed by atoms with Crippen LogP contribution in [0.5, 0.6) is 0 Å². The van der Waals surface area contributed by atoms with Crippen LogP contribution in [0.1, 0.15) is 23.1 Å². The second kappa shape index (κ2) is 6.09. The standard InChI is InChI=1S/C15H22N2S/c1-3-13-11-16-6-5-15(13)14(4-1)12-17-7-2-9-18-10-8-17/h1,3-4,16H,2,5-12H2. The van der Waals surface area contributed by atoms with E-state index in [2.05, 4.69) is 40.2 Å². The van der Waals surface area contributed by atoms with Crippen molar-refractivity contribution < 1.29 is 0 Å². The highest BCUT2D eigenvalue weighted by Gasteiger charge is 2.15. The van der Waals surface area contributed by atoms with Gasteiger partial charge in [0.15, 0.2) is 0 Å². The first-order valence-electron chi connectivity index (χ1n) is 7.04. The lowest BCUT2D eigenvalue weighted by Gasteiger charge is -2.25. The van der Waals surface area contributed by atoms with Gasteiger partial charge >= 0.3 is 0 Å². The summed E-state index contributed by atoms with van der Waals surface area (Å²) in [6.07, 6.45) is 2.55. The van der Waals surface area contributed by atoms with E-state index in [0.717, 1.165) is 19.6 Å². The zero-order chi connectivity index (χ0) is 12.2. The van der Waals surface area contributed by atoms with Crippen LogP contribution in [0, 0.1) is 0 Å². The van der Waals surface area contributed by atoms with Gasteiger partial charge in [0, 0.05) is 25.4 Å². The van der Waals surface area contributed by atoms with E-state index in [0.29, 0.717) is 0 Å². The molecule has 2 aliphatic rings. The van der Waals surface area contributed by atoms with Crippen LogP contribution in [-0.2, 0) is 19.5 Å². The maximum atomic E-state index is 3.46. The fourth-order valence-electron chi connectivity index (χ4n) is 2.96. The molecule has 0 radical (unpaired) electrons. The first kappa shape index (κ1) is 12.5. The molecule has 2 nitrogen and oxygen atoms in total. The SMILES string of the molecule is c1cc2c(c(CN3CCCSCC3)c1)CCNC2. The summed E-state index contributed by atoms with van der Waals surface area (Å²) < 4.78 is 0. The Kier molecular flexibility index (Phi) is 4.24. The predicted molar refractivity (Wildman–Crippen MR) is 79.1 cm³/mol. The number of thioether (sulfide) groups is 1. The van der Waals surface area contributed by atoms with E-state index in [9.17, 15) is 0 Å². The third kappa shape index (κ3) is 2.90. The average Bonchev–Trinajstić information content (AvgIpc) is 2.68. The van der Waals surface area contributed by atoms with Crippen molar-refractivity contribution in [2.75, 3.05) is 31.1 Å². The summed E-state index contributed by atoms with van der Waals surface area (Å²) in [5.74, 6) is 2.64. The Labute approximate surface area is 114 Å². The van der Waals surface area contributed by atoms with Crippen molar-refractivity contribution in [2.45, 2.75) is 25.9 Å². The summed E-state index contributed by atoms with van der Waals surface area (Å²) in [7, 11) is 0. The maximum Gasteiger partial charge on any atom is 0.0236 e. The second-order valence-corrected chi connectivity index (χ2v) is 6.45. The number of rotatable bonds is 2. The van der Waals surface area contributed by atoms with Gasteiger partial charge in [-0.2, -0.15) is 11.8 Å². The highest BCUT2D eigenvalue weighted by Crippen LogP contribution is 2.21. The summed E-state index contributed by atoms with van der Waals surface area (Å²) in [6.45, 7) is 5.88. The quantitative estimate of drug-likeness (QED) is 0.880. The second-order valence-electron chi connectivity index (χ2n) is 5.22. The number of hydrogen-bond donors (Lipinski definition) is 1. The lowest BCUT2D eigenvalue weighted by Crippen LogP contribution is -2.29. The van der Waals surface area contributed by atoms with Crippen LogP contribution < -0.4 is 5.32 Å². The largest absolute Gasteiger partial charge is 0.312 e. The molecule has 0 unspecified atom stereocenters. The predicted octanol–water partition coefficient (Wildman–Crippen LogP) is 2.27. The molecular weight excluding hydrogens is 240 g/mol. The number of fused-ring (bicyclic) bond motifs is 1. The Bertz CT molecular complexity index is 397. The summed E-state index contributed by atoms with van der Waals surface area (Å²) in [5.41, 5.74) is 4.71. The van der Waals surface area contributed by atoms with Crippen LogP contribution >= 0.6 is 11.8 Å². The molecule has 1 aromatic rings. The fourth-order valence-corrected chi connectivity index (χ4v) is 3.88. The van der Waals surface area contributed by atoms with Gasteiger partial charge in [0.1, 0.15) is 0 Å². The minimum Gasteiger partial charge on any atom is -0.312 e. The van der Waals surface area contributed by atoms with Crippen molar-refractivity contribution in [1.29, 1.82) is 0 Å². The third-order valence-corrected chi connectivity index (χ3v) is 4.99. The summed E-state index contributed by atoms with van der Waals surface area (Å²) in [6, 6.07) is 6.85. The van der Waals surface area contributed by atoms with E-state index in [1.807, 2.05) is 0 Å². The Hall–Kier alpha value is -0.510. The molecule has 0 aromatic heterocycles. The Morgan fingerprint density at radius 1 is 1.22 bits per heavy atom. The van der Waals surface area contributed by atoms with Crippen molar-refractivity contribution in [1.82, 2.24) is 10.2 Å². The highest BCUT2D eigenvalue weighted by molar-refractivity contribution is 7.99. The Balaban J connectivity index is 1.75. The topological polar surface area (TPSA) is 15.3 Å². The number of hydrogen-bond acceptors (Lipinski definition) is 3. The Morgan fingerprint density at radius 2 is 2.22 bits per heavy atom. The van der Waals surface area contributed by atoms with Crippen LogP contribution in [0.2, 0.25) is 0 Å². The molecule has 98 valence electrons. The molecule has 1 aromatic carbocycles. The molecule has 0 bridgehead atoms.